The number of carbonyl (C=O) groups excluding carboxylic acids is 1. The average molecular weight is 191 g/mol. The third kappa shape index (κ3) is 1.19. The lowest BCUT2D eigenvalue weighted by Crippen LogP contribution is -2.03. The Balaban J connectivity index is 2.51. The first-order valence-electron chi connectivity index (χ1n) is 4.41. The van der Waals surface area contributed by atoms with Gasteiger partial charge in [0.05, 0.1) is 4.92 Å². The van der Waals surface area contributed by atoms with Gasteiger partial charge in [0, 0.05) is 23.6 Å². The number of hydrogen-bond acceptors (Lipinski definition) is 3. The van der Waals surface area contributed by atoms with Crippen molar-refractivity contribution in [3.63, 3.8) is 0 Å². The van der Waals surface area contributed by atoms with Crippen molar-refractivity contribution in [2.75, 3.05) is 0 Å². The van der Waals surface area contributed by atoms with E-state index in [1.165, 1.54) is 12.1 Å². The van der Waals surface area contributed by atoms with Crippen LogP contribution in [0.15, 0.2) is 18.2 Å². The molecule has 0 aliphatic heterocycles. The van der Waals surface area contributed by atoms with Crippen molar-refractivity contribution in [2.24, 2.45) is 5.92 Å². The molecule has 0 saturated heterocycles. The summed E-state index contributed by atoms with van der Waals surface area (Å²) in [6.45, 7) is 1.84. The number of nitro groups is 1. The Hall–Kier alpha value is -1.71. The van der Waals surface area contributed by atoms with Crippen molar-refractivity contribution in [2.45, 2.75) is 13.3 Å². The molecule has 1 aromatic carbocycles. The number of hydrogen-bond donors (Lipinski definition) is 0. The fourth-order valence-electron chi connectivity index (χ4n) is 1.77. The van der Waals surface area contributed by atoms with Crippen LogP contribution in [-0.2, 0) is 6.42 Å². The van der Waals surface area contributed by atoms with E-state index >= 15 is 0 Å². The maximum absolute atomic E-state index is 11.5. The minimum absolute atomic E-state index is 0.00815. The number of rotatable bonds is 1. The van der Waals surface area contributed by atoms with Gasteiger partial charge in [0.25, 0.3) is 5.69 Å². The molecule has 1 aliphatic rings. The van der Waals surface area contributed by atoms with Gasteiger partial charge in [-0.15, -0.1) is 0 Å². The van der Waals surface area contributed by atoms with Crippen molar-refractivity contribution in [3.05, 3.63) is 39.4 Å². The van der Waals surface area contributed by atoms with Gasteiger partial charge < -0.3 is 0 Å². The molecule has 0 amide bonds. The summed E-state index contributed by atoms with van der Waals surface area (Å²) in [5.41, 5.74) is 1.44. The summed E-state index contributed by atoms with van der Waals surface area (Å²) in [5.74, 6) is -0.0179. The smallest absolute Gasteiger partial charge is 0.270 e. The Morgan fingerprint density at radius 1 is 1.50 bits per heavy atom. The first kappa shape index (κ1) is 8.87. The molecule has 1 atom stereocenters. The molecule has 14 heavy (non-hydrogen) atoms. The molecule has 4 nitrogen and oxygen atoms in total. The van der Waals surface area contributed by atoms with Gasteiger partial charge in [0.15, 0.2) is 5.78 Å². The molecule has 1 aliphatic carbocycles. The number of non-ortho nitro benzene ring substituents is 1. The molecular formula is C10H9NO3. The van der Waals surface area contributed by atoms with E-state index in [9.17, 15) is 14.9 Å². The molecule has 0 N–H and O–H groups in total. The minimum Gasteiger partial charge on any atom is -0.294 e. The number of nitrogens with zero attached hydrogens (tertiary/aromatic N) is 1. The molecule has 1 unspecified atom stereocenters. The van der Waals surface area contributed by atoms with Crippen LogP contribution >= 0.6 is 0 Å². The summed E-state index contributed by atoms with van der Waals surface area (Å²) in [6.07, 6.45) is 0.701. The highest BCUT2D eigenvalue weighted by molar-refractivity contribution is 6.02. The largest absolute Gasteiger partial charge is 0.294 e. The Bertz CT molecular complexity index is 425. The normalized spacial score (nSPS) is 19.5. The summed E-state index contributed by atoms with van der Waals surface area (Å²) in [4.78, 5) is 21.6. The van der Waals surface area contributed by atoms with Crippen LogP contribution in [0.3, 0.4) is 0 Å². The number of nitro benzene ring substituents is 1. The van der Waals surface area contributed by atoms with Gasteiger partial charge >= 0.3 is 0 Å². The number of fused-ring (bicyclic) bond motifs is 1. The van der Waals surface area contributed by atoms with Crippen molar-refractivity contribution >= 4 is 11.5 Å². The zero-order valence-electron chi connectivity index (χ0n) is 7.69. The molecule has 0 heterocycles. The number of benzene rings is 1. The highest BCUT2D eigenvalue weighted by atomic mass is 16.6. The fraction of sp³-hybridized carbons (Fsp3) is 0.300. The molecule has 1 aromatic rings. The lowest BCUT2D eigenvalue weighted by atomic mass is 10.1. The minimum atomic E-state index is -0.476. The highest BCUT2D eigenvalue weighted by Gasteiger charge is 2.28. The standard InChI is InChI=1S/C10H9NO3/c1-6-4-7-2-3-8(11(13)14)5-9(7)10(6)12/h2-3,5-6H,4H2,1H3. The Labute approximate surface area is 80.7 Å². The van der Waals surface area contributed by atoms with Gasteiger partial charge in [-0.1, -0.05) is 13.0 Å². The monoisotopic (exact) mass is 191 g/mol. The SMILES string of the molecule is CC1Cc2ccc([N+](=O)[O-])cc2C1=O. The van der Waals surface area contributed by atoms with Gasteiger partial charge in [-0.3, -0.25) is 14.9 Å². The molecule has 0 bridgehead atoms. The summed E-state index contributed by atoms with van der Waals surface area (Å²) in [5, 5.41) is 10.5. The maximum Gasteiger partial charge on any atom is 0.270 e. The van der Waals surface area contributed by atoms with Gasteiger partial charge in [-0.25, -0.2) is 0 Å². The predicted molar refractivity (Wildman–Crippen MR) is 50.3 cm³/mol. The predicted octanol–water partition coefficient (Wildman–Crippen LogP) is 1.97. The summed E-state index contributed by atoms with van der Waals surface area (Å²) in [7, 11) is 0. The number of ketones is 1. The molecule has 0 aromatic heterocycles. The lowest BCUT2D eigenvalue weighted by Gasteiger charge is -1.96. The van der Waals surface area contributed by atoms with Crippen LogP contribution in [0, 0.1) is 16.0 Å². The van der Waals surface area contributed by atoms with Crippen LogP contribution < -0.4 is 0 Å². The van der Waals surface area contributed by atoms with Crippen molar-refractivity contribution in [1.29, 1.82) is 0 Å². The van der Waals surface area contributed by atoms with Gasteiger partial charge in [-0.2, -0.15) is 0 Å². The molecule has 0 saturated carbocycles. The van der Waals surface area contributed by atoms with E-state index in [0.717, 1.165) is 5.56 Å². The van der Waals surface area contributed by atoms with Gasteiger partial charge in [0.1, 0.15) is 0 Å². The molecule has 4 heteroatoms. The summed E-state index contributed by atoms with van der Waals surface area (Å²) in [6, 6.07) is 4.50. The molecular weight excluding hydrogens is 182 g/mol. The van der Waals surface area contributed by atoms with Crippen LogP contribution in [0.2, 0.25) is 0 Å². The second-order valence-electron chi connectivity index (χ2n) is 3.57. The summed E-state index contributed by atoms with van der Waals surface area (Å²) < 4.78 is 0. The molecule has 0 spiro atoms. The third-order valence-electron chi connectivity index (χ3n) is 2.54. The van der Waals surface area contributed by atoms with Crippen LogP contribution in [0.25, 0.3) is 0 Å². The highest BCUT2D eigenvalue weighted by Crippen LogP contribution is 2.29. The average Bonchev–Trinajstić information content (AvgIpc) is 2.43. The Morgan fingerprint density at radius 3 is 2.86 bits per heavy atom. The zero-order chi connectivity index (χ0) is 10.3. The van der Waals surface area contributed by atoms with Crippen molar-refractivity contribution in [3.8, 4) is 0 Å². The Morgan fingerprint density at radius 2 is 2.21 bits per heavy atom. The first-order valence-corrected chi connectivity index (χ1v) is 4.41. The van der Waals surface area contributed by atoms with E-state index in [1.807, 2.05) is 6.92 Å². The van der Waals surface area contributed by atoms with Crippen LogP contribution in [-0.4, -0.2) is 10.7 Å². The van der Waals surface area contributed by atoms with Crippen molar-refractivity contribution < 1.29 is 9.72 Å². The van der Waals surface area contributed by atoms with Crippen LogP contribution in [0.5, 0.6) is 0 Å². The van der Waals surface area contributed by atoms with Crippen LogP contribution in [0.1, 0.15) is 22.8 Å². The maximum atomic E-state index is 11.5. The van der Waals surface area contributed by atoms with E-state index in [2.05, 4.69) is 0 Å². The van der Waals surface area contributed by atoms with E-state index < -0.39 is 4.92 Å². The number of carbonyl (C=O) groups is 1. The quantitative estimate of drug-likeness (QED) is 0.503. The fourth-order valence-corrected chi connectivity index (χ4v) is 1.77. The molecule has 0 fully saturated rings. The third-order valence-corrected chi connectivity index (χ3v) is 2.54. The second kappa shape index (κ2) is 2.90. The second-order valence-corrected chi connectivity index (χ2v) is 3.57. The lowest BCUT2D eigenvalue weighted by molar-refractivity contribution is -0.384. The van der Waals surface area contributed by atoms with E-state index in [0.29, 0.717) is 12.0 Å². The Kier molecular flexibility index (Phi) is 1.84. The molecule has 72 valence electrons. The van der Waals surface area contributed by atoms with Gasteiger partial charge in [0.2, 0.25) is 0 Å². The zero-order valence-corrected chi connectivity index (χ0v) is 7.69. The molecule has 2 rings (SSSR count). The first-order chi connectivity index (χ1) is 6.59. The van der Waals surface area contributed by atoms with E-state index in [4.69, 9.17) is 0 Å². The van der Waals surface area contributed by atoms with Gasteiger partial charge in [-0.05, 0) is 12.0 Å². The van der Waals surface area contributed by atoms with E-state index in [-0.39, 0.29) is 17.4 Å². The number of Topliss-reactive ketones (excluding diaryl/α,β-unsaturated/α-hetero) is 1. The topological polar surface area (TPSA) is 60.2 Å². The van der Waals surface area contributed by atoms with Crippen LogP contribution in [0.4, 0.5) is 5.69 Å². The van der Waals surface area contributed by atoms with Crippen molar-refractivity contribution in [1.82, 2.24) is 0 Å². The molecule has 0 radical (unpaired) electrons. The summed E-state index contributed by atoms with van der Waals surface area (Å²) >= 11 is 0. The van der Waals surface area contributed by atoms with E-state index in [1.54, 1.807) is 6.07 Å².